The molecule has 2 heterocycles. The summed E-state index contributed by atoms with van der Waals surface area (Å²) in [5, 5.41) is 2.86. The van der Waals surface area contributed by atoms with Gasteiger partial charge in [-0.05, 0) is 18.2 Å². The molecule has 7 heteroatoms. The highest BCUT2D eigenvalue weighted by Crippen LogP contribution is 2.29. The number of hydrogen-bond acceptors (Lipinski definition) is 6. The molecule has 0 aliphatic carbocycles. The first kappa shape index (κ1) is 17.0. The van der Waals surface area contributed by atoms with E-state index in [1.54, 1.807) is 44.8 Å². The van der Waals surface area contributed by atoms with Gasteiger partial charge in [0.1, 0.15) is 11.5 Å². The number of nitrogens with one attached hydrogen (secondary N) is 1. The van der Waals surface area contributed by atoms with Gasteiger partial charge in [0.2, 0.25) is 0 Å². The number of benzene rings is 1. The maximum absolute atomic E-state index is 12.6. The van der Waals surface area contributed by atoms with Crippen LogP contribution >= 0.6 is 0 Å². The number of pyridine rings is 1. The van der Waals surface area contributed by atoms with Crippen LogP contribution in [0.15, 0.2) is 36.7 Å². The second-order valence-electron chi connectivity index (χ2n) is 5.55. The van der Waals surface area contributed by atoms with E-state index in [0.717, 1.165) is 18.8 Å². The lowest BCUT2D eigenvalue weighted by molar-refractivity contribution is 0.102. The topological polar surface area (TPSA) is 72.9 Å². The van der Waals surface area contributed by atoms with Gasteiger partial charge in [0.25, 0.3) is 5.91 Å². The van der Waals surface area contributed by atoms with Crippen LogP contribution in [-0.4, -0.2) is 51.4 Å². The van der Waals surface area contributed by atoms with E-state index in [-0.39, 0.29) is 5.91 Å². The lowest BCUT2D eigenvalue weighted by Gasteiger charge is -2.28. The Bertz CT molecular complexity index is 745. The Kier molecular flexibility index (Phi) is 5.35. The van der Waals surface area contributed by atoms with Gasteiger partial charge in [0.05, 0.1) is 50.6 Å². The first-order chi connectivity index (χ1) is 12.2. The molecule has 0 saturated carbocycles. The molecule has 1 aliphatic rings. The molecule has 1 amide bonds. The van der Waals surface area contributed by atoms with Gasteiger partial charge >= 0.3 is 0 Å². The van der Waals surface area contributed by atoms with E-state index in [0.29, 0.717) is 36.0 Å². The zero-order valence-corrected chi connectivity index (χ0v) is 14.3. The molecule has 3 rings (SSSR count). The Morgan fingerprint density at radius 3 is 2.68 bits per heavy atom. The molecule has 1 fully saturated rings. The largest absolute Gasteiger partial charge is 0.497 e. The highest BCUT2D eigenvalue weighted by Gasteiger charge is 2.15. The van der Waals surface area contributed by atoms with Crippen molar-refractivity contribution in [2.75, 3.05) is 50.7 Å². The zero-order valence-electron chi connectivity index (χ0n) is 14.3. The third-order valence-corrected chi connectivity index (χ3v) is 4.02. The van der Waals surface area contributed by atoms with Crippen molar-refractivity contribution in [3.05, 3.63) is 42.2 Å². The van der Waals surface area contributed by atoms with Gasteiger partial charge in [0, 0.05) is 25.4 Å². The molecule has 132 valence electrons. The van der Waals surface area contributed by atoms with E-state index in [1.807, 2.05) is 6.07 Å². The van der Waals surface area contributed by atoms with Crippen molar-refractivity contribution in [1.29, 1.82) is 0 Å². The number of rotatable bonds is 5. The van der Waals surface area contributed by atoms with Crippen molar-refractivity contribution in [2.24, 2.45) is 0 Å². The number of carbonyl (C=O) groups is 1. The molecular weight excluding hydrogens is 322 g/mol. The normalized spacial score (nSPS) is 14.1. The van der Waals surface area contributed by atoms with Crippen LogP contribution in [0.2, 0.25) is 0 Å². The standard InChI is InChI=1S/C18H21N3O4/c1-23-15-3-4-17(24-2)16(10-15)20-18(22)13-9-14(12-19-11-13)21-5-7-25-8-6-21/h3-4,9-12H,5-8H2,1-2H3,(H,20,22). The van der Waals surface area contributed by atoms with Gasteiger partial charge in [0.15, 0.2) is 0 Å². The molecule has 1 aromatic carbocycles. The molecule has 0 radical (unpaired) electrons. The maximum Gasteiger partial charge on any atom is 0.257 e. The zero-order chi connectivity index (χ0) is 17.6. The van der Waals surface area contributed by atoms with Crippen LogP contribution in [0.3, 0.4) is 0 Å². The predicted octanol–water partition coefficient (Wildman–Crippen LogP) is 2.19. The minimum atomic E-state index is -0.255. The minimum absolute atomic E-state index is 0.255. The number of methoxy groups -OCH3 is 2. The number of ether oxygens (including phenoxy) is 3. The summed E-state index contributed by atoms with van der Waals surface area (Å²) in [6.07, 6.45) is 3.31. The number of hydrogen-bond donors (Lipinski definition) is 1. The van der Waals surface area contributed by atoms with E-state index in [1.165, 1.54) is 0 Å². The molecule has 7 nitrogen and oxygen atoms in total. The third-order valence-electron chi connectivity index (χ3n) is 4.02. The fraction of sp³-hybridized carbons (Fsp3) is 0.333. The van der Waals surface area contributed by atoms with Crippen LogP contribution in [0.5, 0.6) is 11.5 Å². The molecule has 25 heavy (non-hydrogen) atoms. The van der Waals surface area contributed by atoms with Crippen LogP contribution in [0, 0.1) is 0 Å². The summed E-state index contributed by atoms with van der Waals surface area (Å²) in [6.45, 7) is 2.93. The average molecular weight is 343 g/mol. The van der Waals surface area contributed by atoms with Crippen molar-refractivity contribution >= 4 is 17.3 Å². The number of nitrogens with zero attached hydrogens (tertiary/aromatic N) is 2. The van der Waals surface area contributed by atoms with Gasteiger partial charge in [-0.2, -0.15) is 0 Å². The van der Waals surface area contributed by atoms with Crippen LogP contribution < -0.4 is 19.7 Å². The molecule has 0 atom stereocenters. The molecule has 1 aromatic heterocycles. The Morgan fingerprint density at radius 2 is 1.96 bits per heavy atom. The Morgan fingerprint density at radius 1 is 1.16 bits per heavy atom. The smallest absolute Gasteiger partial charge is 0.257 e. The summed E-state index contributed by atoms with van der Waals surface area (Å²) < 4.78 is 15.9. The number of amides is 1. The van der Waals surface area contributed by atoms with Crippen LogP contribution in [0.4, 0.5) is 11.4 Å². The highest BCUT2D eigenvalue weighted by molar-refractivity contribution is 6.05. The summed E-state index contributed by atoms with van der Waals surface area (Å²) >= 11 is 0. The second kappa shape index (κ2) is 7.85. The maximum atomic E-state index is 12.6. The highest BCUT2D eigenvalue weighted by atomic mass is 16.5. The lowest BCUT2D eigenvalue weighted by Crippen LogP contribution is -2.36. The SMILES string of the molecule is COc1ccc(OC)c(NC(=O)c2cncc(N3CCOCC3)c2)c1. The minimum Gasteiger partial charge on any atom is -0.497 e. The quantitative estimate of drug-likeness (QED) is 0.897. The lowest BCUT2D eigenvalue weighted by atomic mass is 10.2. The van der Waals surface area contributed by atoms with E-state index in [9.17, 15) is 4.79 Å². The number of anilines is 2. The van der Waals surface area contributed by atoms with Crippen LogP contribution in [0.25, 0.3) is 0 Å². The van der Waals surface area contributed by atoms with E-state index >= 15 is 0 Å². The molecule has 1 saturated heterocycles. The van der Waals surface area contributed by atoms with Gasteiger partial charge in [-0.25, -0.2) is 0 Å². The van der Waals surface area contributed by atoms with Crippen LogP contribution in [-0.2, 0) is 4.74 Å². The number of carbonyl (C=O) groups excluding carboxylic acids is 1. The molecule has 1 N–H and O–H groups in total. The first-order valence-corrected chi connectivity index (χ1v) is 8.02. The number of aromatic nitrogens is 1. The summed E-state index contributed by atoms with van der Waals surface area (Å²) in [5.41, 5.74) is 1.94. The summed E-state index contributed by atoms with van der Waals surface area (Å²) in [4.78, 5) is 19.0. The number of morpholine rings is 1. The third kappa shape index (κ3) is 4.00. The van der Waals surface area contributed by atoms with Crippen molar-refractivity contribution in [3.63, 3.8) is 0 Å². The summed E-state index contributed by atoms with van der Waals surface area (Å²) in [6, 6.07) is 7.07. The van der Waals surface area contributed by atoms with Crippen molar-refractivity contribution in [1.82, 2.24) is 4.98 Å². The molecule has 0 spiro atoms. The van der Waals surface area contributed by atoms with Crippen LogP contribution in [0.1, 0.15) is 10.4 Å². The van der Waals surface area contributed by atoms with E-state index in [4.69, 9.17) is 14.2 Å². The Hall–Kier alpha value is -2.80. The average Bonchev–Trinajstić information content (AvgIpc) is 2.68. The summed E-state index contributed by atoms with van der Waals surface area (Å²) in [5.74, 6) is 0.942. The molecular formula is C18H21N3O4. The predicted molar refractivity (Wildman–Crippen MR) is 94.8 cm³/mol. The summed E-state index contributed by atoms with van der Waals surface area (Å²) in [7, 11) is 3.13. The van der Waals surface area contributed by atoms with Crippen molar-refractivity contribution in [2.45, 2.75) is 0 Å². The molecule has 0 bridgehead atoms. The van der Waals surface area contributed by atoms with Gasteiger partial charge in [-0.1, -0.05) is 0 Å². The fourth-order valence-corrected chi connectivity index (χ4v) is 2.65. The van der Waals surface area contributed by atoms with Crippen molar-refractivity contribution < 1.29 is 19.0 Å². The van der Waals surface area contributed by atoms with E-state index in [2.05, 4.69) is 15.2 Å². The fourth-order valence-electron chi connectivity index (χ4n) is 2.65. The second-order valence-corrected chi connectivity index (χ2v) is 5.55. The molecule has 2 aromatic rings. The first-order valence-electron chi connectivity index (χ1n) is 8.02. The molecule has 1 aliphatic heterocycles. The molecule has 0 unspecified atom stereocenters. The van der Waals surface area contributed by atoms with Crippen molar-refractivity contribution in [3.8, 4) is 11.5 Å². The Labute approximate surface area is 146 Å². The monoisotopic (exact) mass is 343 g/mol. The van der Waals surface area contributed by atoms with Gasteiger partial charge in [-0.15, -0.1) is 0 Å². The Balaban J connectivity index is 1.79. The van der Waals surface area contributed by atoms with Gasteiger partial charge in [-0.3, -0.25) is 9.78 Å². The van der Waals surface area contributed by atoms with E-state index < -0.39 is 0 Å². The van der Waals surface area contributed by atoms with Gasteiger partial charge < -0.3 is 24.4 Å².